The minimum absolute atomic E-state index is 0.00474. The fraction of sp³-hybridized carbons (Fsp3) is 0.364. The standard InChI is InChI=1S/C11H16N6O3S/c1-7-9(5-13-17(7)4)21(19,20)15-8-6-16(3)14-10(8)11(18)12-2/h5-6,15H,1-4H3,(H,12,18). The number of carbonyl (C=O) groups is 1. The molecular weight excluding hydrogens is 296 g/mol. The lowest BCUT2D eigenvalue weighted by atomic mass is 10.3. The Morgan fingerprint density at radius 3 is 2.52 bits per heavy atom. The number of nitrogens with one attached hydrogen (secondary N) is 2. The number of aryl methyl sites for hydroxylation is 2. The molecule has 9 nitrogen and oxygen atoms in total. The highest BCUT2D eigenvalue weighted by Crippen LogP contribution is 2.20. The second kappa shape index (κ2) is 5.20. The lowest BCUT2D eigenvalue weighted by Crippen LogP contribution is -2.21. The summed E-state index contributed by atoms with van der Waals surface area (Å²) in [7, 11) is 0.848. The molecule has 2 rings (SSSR count). The number of carbonyl (C=O) groups excluding carboxylic acids is 1. The largest absolute Gasteiger partial charge is 0.354 e. The van der Waals surface area contributed by atoms with Crippen LogP contribution in [0.25, 0.3) is 0 Å². The van der Waals surface area contributed by atoms with Gasteiger partial charge in [-0.25, -0.2) is 8.42 Å². The maximum atomic E-state index is 12.4. The molecule has 1 amide bonds. The Labute approximate surface area is 122 Å². The maximum Gasteiger partial charge on any atom is 0.273 e. The molecule has 0 aliphatic heterocycles. The number of hydrogen-bond donors (Lipinski definition) is 2. The predicted octanol–water partition coefficient (Wildman–Crippen LogP) is -0.378. The van der Waals surface area contributed by atoms with Crippen molar-refractivity contribution < 1.29 is 13.2 Å². The summed E-state index contributed by atoms with van der Waals surface area (Å²) in [6.07, 6.45) is 2.68. The van der Waals surface area contributed by atoms with Crippen LogP contribution in [0, 0.1) is 6.92 Å². The van der Waals surface area contributed by atoms with Gasteiger partial charge in [0.05, 0.1) is 17.6 Å². The van der Waals surface area contributed by atoms with E-state index in [2.05, 4.69) is 20.2 Å². The van der Waals surface area contributed by atoms with Gasteiger partial charge < -0.3 is 5.32 Å². The van der Waals surface area contributed by atoms with Gasteiger partial charge in [0.25, 0.3) is 15.9 Å². The first-order valence-electron chi connectivity index (χ1n) is 6.03. The third-order valence-corrected chi connectivity index (χ3v) is 4.46. The molecule has 0 radical (unpaired) electrons. The van der Waals surface area contributed by atoms with E-state index in [0.717, 1.165) is 0 Å². The number of aromatic nitrogens is 4. The number of sulfonamides is 1. The van der Waals surface area contributed by atoms with Crippen molar-refractivity contribution in [2.75, 3.05) is 11.8 Å². The maximum absolute atomic E-state index is 12.4. The van der Waals surface area contributed by atoms with Crippen LogP contribution in [0.4, 0.5) is 5.69 Å². The van der Waals surface area contributed by atoms with E-state index in [9.17, 15) is 13.2 Å². The summed E-state index contributed by atoms with van der Waals surface area (Å²) >= 11 is 0. The van der Waals surface area contributed by atoms with Crippen LogP contribution >= 0.6 is 0 Å². The molecular formula is C11H16N6O3S. The molecule has 0 aliphatic carbocycles. The summed E-state index contributed by atoms with van der Waals surface area (Å²) < 4.78 is 29.9. The van der Waals surface area contributed by atoms with Gasteiger partial charge in [0.15, 0.2) is 5.69 Å². The first kappa shape index (κ1) is 15.0. The molecule has 21 heavy (non-hydrogen) atoms. The quantitative estimate of drug-likeness (QED) is 0.799. The number of hydrogen-bond acceptors (Lipinski definition) is 5. The van der Waals surface area contributed by atoms with E-state index in [1.54, 1.807) is 21.0 Å². The van der Waals surface area contributed by atoms with Crippen molar-refractivity contribution in [3.63, 3.8) is 0 Å². The number of amides is 1. The van der Waals surface area contributed by atoms with Gasteiger partial charge >= 0.3 is 0 Å². The number of rotatable bonds is 4. The molecule has 2 aromatic rings. The molecule has 0 saturated heterocycles. The Morgan fingerprint density at radius 1 is 1.33 bits per heavy atom. The smallest absolute Gasteiger partial charge is 0.273 e. The highest BCUT2D eigenvalue weighted by molar-refractivity contribution is 7.92. The first-order chi connectivity index (χ1) is 9.76. The zero-order valence-corrected chi connectivity index (χ0v) is 12.9. The van der Waals surface area contributed by atoms with Gasteiger partial charge in [-0.3, -0.25) is 18.9 Å². The van der Waals surface area contributed by atoms with Crippen molar-refractivity contribution in [2.24, 2.45) is 14.1 Å². The Bertz CT molecular complexity index is 789. The fourth-order valence-electron chi connectivity index (χ4n) is 1.79. The van der Waals surface area contributed by atoms with E-state index in [4.69, 9.17) is 0 Å². The second-order valence-electron chi connectivity index (χ2n) is 4.47. The molecule has 0 fully saturated rings. The van der Waals surface area contributed by atoms with E-state index in [-0.39, 0.29) is 16.3 Å². The molecule has 0 aromatic carbocycles. The van der Waals surface area contributed by atoms with Gasteiger partial charge in [-0.1, -0.05) is 0 Å². The van der Waals surface area contributed by atoms with E-state index in [1.165, 1.54) is 28.8 Å². The van der Waals surface area contributed by atoms with Crippen molar-refractivity contribution in [2.45, 2.75) is 11.8 Å². The van der Waals surface area contributed by atoms with Gasteiger partial charge in [0, 0.05) is 27.3 Å². The van der Waals surface area contributed by atoms with E-state index >= 15 is 0 Å². The third-order valence-electron chi connectivity index (χ3n) is 2.99. The highest BCUT2D eigenvalue weighted by atomic mass is 32.2. The average Bonchev–Trinajstić information content (AvgIpc) is 2.92. The highest BCUT2D eigenvalue weighted by Gasteiger charge is 2.24. The summed E-state index contributed by atoms with van der Waals surface area (Å²) in [4.78, 5) is 11.8. The molecule has 114 valence electrons. The van der Waals surface area contributed by atoms with Crippen LogP contribution < -0.4 is 10.0 Å². The van der Waals surface area contributed by atoms with Crippen LogP contribution in [0.1, 0.15) is 16.2 Å². The summed E-state index contributed by atoms with van der Waals surface area (Å²) in [6, 6.07) is 0. The van der Waals surface area contributed by atoms with E-state index in [1.807, 2.05) is 0 Å². The molecule has 2 aromatic heterocycles. The molecule has 0 atom stereocenters. The molecule has 0 spiro atoms. The van der Waals surface area contributed by atoms with Gasteiger partial charge in [0.2, 0.25) is 0 Å². The zero-order valence-electron chi connectivity index (χ0n) is 12.1. The molecule has 0 saturated carbocycles. The summed E-state index contributed by atoms with van der Waals surface area (Å²) in [5, 5.41) is 10.3. The molecule has 10 heteroatoms. The van der Waals surface area contributed by atoms with Crippen LogP contribution in [0.15, 0.2) is 17.3 Å². The lowest BCUT2D eigenvalue weighted by molar-refractivity contribution is 0.0958. The van der Waals surface area contributed by atoms with Gasteiger partial charge in [-0.05, 0) is 6.92 Å². The monoisotopic (exact) mass is 312 g/mol. The molecule has 0 unspecified atom stereocenters. The number of anilines is 1. The van der Waals surface area contributed by atoms with Crippen LogP contribution in [-0.2, 0) is 24.1 Å². The van der Waals surface area contributed by atoms with E-state index in [0.29, 0.717) is 5.69 Å². The summed E-state index contributed by atoms with van der Waals surface area (Å²) in [5.41, 5.74) is 0.609. The van der Waals surface area contributed by atoms with Crippen molar-refractivity contribution >= 4 is 21.6 Å². The molecule has 0 bridgehead atoms. The van der Waals surface area contributed by atoms with Crippen LogP contribution in [0.3, 0.4) is 0 Å². The topological polar surface area (TPSA) is 111 Å². The normalized spacial score (nSPS) is 11.4. The minimum atomic E-state index is -3.84. The van der Waals surface area contributed by atoms with Crippen LogP contribution in [-0.4, -0.2) is 40.9 Å². The van der Waals surface area contributed by atoms with Crippen molar-refractivity contribution in [1.82, 2.24) is 24.9 Å². The average molecular weight is 312 g/mol. The third kappa shape index (κ3) is 2.75. The zero-order chi connectivity index (χ0) is 15.8. The lowest BCUT2D eigenvalue weighted by Gasteiger charge is -2.07. The molecule has 0 aliphatic rings. The number of nitrogens with zero attached hydrogens (tertiary/aromatic N) is 4. The molecule has 2 N–H and O–H groups in total. The predicted molar refractivity (Wildman–Crippen MR) is 75.4 cm³/mol. The minimum Gasteiger partial charge on any atom is -0.354 e. The second-order valence-corrected chi connectivity index (χ2v) is 6.12. The Hall–Kier alpha value is -2.36. The van der Waals surface area contributed by atoms with Crippen LogP contribution in [0.5, 0.6) is 0 Å². The van der Waals surface area contributed by atoms with Gasteiger partial charge in [-0.2, -0.15) is 10.2 Å². The van der Waals surface area contributed by atoms with Crippen molar-refractivity contribution in [3.8, 4) is 0 Å². The fourth-order valence-corrected chi connectivity index (χ4v) is 3.05. The van der Waals surface area contributed by atoms with Gasteiger partial charge in [-0.15, -0.1) is 0 Å². The summed E-state index contributed by atoms with van der Waals surface area (Å²) in [6.45, 7) is 1.64. The summed E-state index contributed by atoms with van der Waals surface area (Å²) in [5.74, 6) is -0.476. The van der Waals surface area contributed by atoms with Crippen LogP contribution in [0.2, 0.25) is 0 Å². The Morgan fingerprint density at radius 2 is 2.00 bits per heavy atom. The SMILES string of the molecule is CNC(=O)c1nn(C)cc1NS(=O)(=O)c1cnn(C)c1C. The van der Waals surface area contributed by atoms with Crippen molar-refractivity contribution in [1.29, 1.82) is 0 Å². The Balaban J connectivity index is 2.42. The van der Waals surface area contributed by atoms with Gasteiger partial charge in [0.1, 0.15) is 4.90 Å². The Kier molecular flexibility index (Phi) is 3.73. The first-order valence-corrected chi connectivity index (χ1v) is 7.51. The van der Waals surface area contributed by atoms with E-state index < -0.39 is 15.9 Å². The van der Waals surface area contributed by atoms with Crippen molar-refractivity contribution in [3.05, 3.63) is 23.8 Å². The molecule has 2 heterocycles.